The lowest BCUT2D eigenvalue weighted by atomic mass is 9.87. The Morgan fingerprint density at radius 1 is 1.33 bits per heavy atom. The van der Waals surface area contributed by atoms with Crippen LogP contribution in [0.5, 0.6) is 0 Å². The zero-order valence-electron chi connectivity index (χ0n) is 12.5. The summed E-state index contributed by atoms with van der Waals surface area (Å²) in [7, 11) is 0. The van der Waals surface area contributed by atoms with Crippen molar-refractivity contribution in [2.24, 2.45) is 5.41 Å². The van der Waals surface area contributed by atoms with Crippen molar-refractivity contribution in [2.75, 3.05) is 6.54 Å². The van der Waals surface area contributed by atoms with Gasteiger partial charge in [0, 0.05) is 19.0 Å². The molecular weight excluding hydrogens is 224 g/mol. The third kappa shape index (κ3) is 5.17. The van der Waals surface area contributed by atoms with Gasteiger partial charge in [-0.3, -0.25) is 4.68 Å². The van der Waals surface area contributed by atoms with E-state index >= 15 is 0 Å². The van der Waals surface area contributed by atoms with Crippen LogP contribution < -0.4 is 5.32 Å². The third-order valence-corrected chi connectivity index (χ3v) is 2.97. The van der Waals surface area contributed by atoms with Crippen molar-refractivity contribution in [1.82, 2.24) is 20.1 Å². The van der Waals surface area contributed by atoms with E-state index in [0.717, 1.165) is 31.8 Å². The first-order chi connectivity index (χ1) is 8.46. The van der Waals surface area contributed by atoms with Crippen LogP contribution in [-0.2, 0) is 13.0 Å². The van der Waals surface area contributed by atoms with Crippen molar-refractivity contribution >= 4 is 0 Å². The Morgan fingerprint density at radius 3 is 2.61 bits per heavy atom. The van der Waals surface area contributed by atoms with Gasteiger partial charge in [-0.25, -0.2) is 4.98 Å². The molecule has 4 nitrogen and oxygen atoms in total. The molecule has 0 saturated heterocycles. The summed E-state index contributed by atoms with van der Waals surface area (Å²) in [5.41, 5.74) is 0.336. The average molecular weight is 252 g/mol. The molecule has 4 heteroatoms. The number of hydrogen-bond donors (Lipinski definition) is 1. The first-order valence-electron chi connectivity index (χ1n) is 7.06. The van der Waals surface area contributed by atoms with E-state index in [9.17, 15) is 0 Å². The van der Waals surface area contributed by atoms with Crippen molar-refractivity contribution in [3.63, 3.8) is 0 Å². The molecule has 1 aromatic rings. The smallest absolute Gasteiger partial charge is 0.138 e. The predicted octanol–water partition coefficient (Wildman–Crippen LogP) is 2.64. The van der Waals surface area contributed by atoms with Crippen LogP contribution >= 0.6 is 0 Å². The number of aryl methyl sites for hydroxylation is 1. The van der Waals surface area contributed by atoms with Crippen LogP contribution in [0, 0.1) is 5.41 Å². The second-order valence-electron chi connectivity index (χ2n) is 6.11. The lowest BCUT2D eigenvalue weighted by Crippen LogP contribution is -2.36. The lowest BCUT2D eigenvalue weighted by Gasteiger charge is -2.26. The maximum absolute atomic E-state index is 4.38. The summed E-state index contributed by atoms with van der Waals surface area (Å²) < 4.78 is 1.99. The molecule has 0 aliphatic heterocycles. The number of rotatable bonds is 7. The molecule has 1 heterocycles. The van der Waals surface area contributed by atoms with Crippen molar-refractivity contribution < 1.29 is 0 Å². The highest BCUT2D eigenvalue weighted by molar-refractivity contribution is 4.91. The Balaban J connectivity index is 2.65. The minimum Gasteiger partial charge on any atom is -0.314 e. The maximum Gasteiger partial charge on any atom is 0.138 e. The Bertz CT molecular complexity index is 338. The first kappa shape index (κ1) is 15.2. The molecule has 0 amide bonds. The zero-order valence-corrected chi connectivity index (χ0v) is 12.5. The standard InChI is InChI=1S/C14H28N4/c1-6-8-15-12(10-14(3,4)5)9-13-16-11-17-18(13)7-2/h11-12,15H,6-10H2,1-5H3. The molecule has 0 fully saturated rings. The second-order valence-corrected chi connectivity index (χ2v) is 6.11. The lowest BCUT2D eigenvalue weighted by molar-refractivity contribution is 0.302. The quantitative estimate of drug-likeness (QED) is 0.811. The van der Waals surface area contributed by atoms with Gasteiger partial charge in [0.1, 0.15) is 12.2 Å². The van der Waals surface area contributed by atoms with Gasteiger partial charge in [0.2, 0.25) is 0 Å². The van der Waals surface area contributed by atoms with E-state index in [2.05, 4.69) is 50.0 Å². The van der Waals surface area contributed by atoms with Crippen LogP contribution in [0.1, 0.15) is 53.3 Å². The predicted molar refractivity (Wildman–Crippen MR) is 75.6 cm³/mol. The molecule has 104 valence electrons. The summed E-state index contributed by atoms with van der Waals surface area (Å²) in [5.74, 6) is 1.09. The van der Waals surface area contributed by atoms with Gasteiger partial charge >= 0.3 is 0 Å². The van der Waals surface area contributed by atoms with Gasteiger partial charge in [-0.15, -0.1) is 0 Å². The van der Waals surface area contributed by atoms with Gasteiger partial charge in [0.25, 0.3) is 0 Å². The number of hydrogen-bond acceptors (Lipinski definition) is 3. The SMILES string of the molecule is CCCNC(Cc1ncnn1CC)CC(C)(C)C. The van der Waals surface area contributed by atoms with E-state index in [1.165, 1.54) is 6.42 Å². The summed E-state index contributed by atoms with van der Waals surface area (Å²) in [5, 5.41) is 7.88. The van der Waals surface area contributed by atoms with Crippen LogP contribution in [0.3, 0.4) is 0 Å². The van der Waals surface area contributed by atoms with E-state index in [1.54, 1.807) is 6.33 Å². The van der Waals surface area contributed by atoms with Crippen LogP contribution in [0.25, 0.3) is 0 Å². The fourth-order valence-electron chi connectivity index (χ4n) is 2.23. The summed E-state index contributed by atoms with van der Waals surface area (Å²) >= 11 is 0. The molecule has 1 N–H and O–H groups in total. The molecule has 0 aliphatic rings. The topological polar surface area (TPSA) is 42.7 Å². The zero-order chi connectivity index (χ0) is 13.6. The van der Waals surface area contributed by atoms with Crippen molar-refractivity contribution in [2.45, 2.75) is 66.5 Å². The third-order valence-electron chi connectivity index (χ3n) is 2.97. The minimum atomic E-state index is 0.336. The number of nitrogens with zero attached hydrogens (tertiary/aromatic N) is 3. The molecule has 1 rings (SSSR count). The van der Waals surface area contributed by atoms with Crippen molar-refractivity contribution in [1.29, 1.82) is 0 Å². The Labute approximate surface area is 111 Å². The molecule has 18 heavy (non-hydrogen) atoms. The normalized spacial score (nSPS) is 13.8. The van der Waals surface area contributed by atoms with E-state index in [4.69, 9.17) is 0 Å². The molecule has 1 unspecified atom stereocenters. The largest absolute Gasteiger partial charge is 0.314 e. The number of aromatic nitrogens is 3. The van der Waals surface area contributed by atoms with Crippen LogP contribution in [0.4, 0.5) is 0 Å². The second kappa shape index (κ2) is 6.88. The van der Waals surface area contributed by atoms with Crippen molar-refractivity contribution in [3.05, 3.63) is 12.2 Å². The van der Waals surface area contributed by atoms with Crippen LogP contribution in [0.15, 0.2) is 6.33 Å². The van der Waals surface area contributed by atoms with E-state index in [0.29, 0.717) is 11.5 Å². The molecule has 1 atom stereocenters. The highest BCUT2D eigenvalue weighted by Crippen LogP contribution is 2.22. The fourth-order valence-corrected chi connectivity index (χ4v) is 2.23. The molecule has 0 aliphatic carbocycles. The molecule has 0 spiro atoms. The molecule has 1 aromatic heterocycles. The maximum atomic E-state index is 4.38. The number of nitrogens with one attached hydrogen (secondary N) is 1. The first-order valence-corrected chi connectivity index (χ1v) is 7.06. The van der Waals surface area contributed by atoms with Gasteiger partial charge in [0.05, 0.1) is 0 Å². The summed E-state index contributed by atoms with van der Waals surface area (Å²) in [6.07, 6.45) is 4.95. The van der Waals surface area contributed by atoms with E-state index in [-0.39, 0.29) is 0 Å². The van der Waals surface area contributed by atoms with Gasteiger partial charge in [-0.1, -0.05) is 27.7 Å². The van der Waals surface area contributed by atoms with Gasteiger partial charge in [-0.05, 0) is 31.7 Å². The monoisotopic (exact) mass is 252 g/mol. The average Bonchev–Trinajstić information content (AvgIpc) is 2.71. The van der Waals surface area contributed by atoms with E-state index in [1.807, 2.05) is 4.68 Å². The van der Waals surface area contributed by atoms with Crippen molar-refractivity contribution in [3.8, 4) is 0 Å². The minimum absolute atomic E-state index is 0.336. The summed E-state index contributed by atoms with van der Waals surface area (Å²) in [6, 6.07) is 0.486. The van der Waals surface area contributed by atoms with Gasteiger partial charge < -0.3 is 5.32 Å². The highest BCUT2D eigenvalue weighted by atomic mass is 15.3. The van der Waals surface area contributed by atoms with Crippen LogP contribution in [0.2, 0.25) is 0 Å². The fraction of sp³-hybridized carbons (Fsp3) is 0.857. The van der Waals surface area contributed by atoms with Gasteiger partial charge in [0.15, 0.2) is 0 Å². The van der Waals surface area contributed by atoms with Gasteiger partial charge in [-0.2, -0.15) is 5.10 Å². The Morgan fingerprint density at radius 2 is 2.06 bits per heavy atom. The molecule has 0 radical (unpaired) electrons. The summed E-state index contributed by atoms with van der Waals surface area (Å²) in [4.78, 5) is 4.38. The molecule has 0 bridgehead atoms. The Kier molecular flexibility index (Phi) is 5.79. The molecular formula is C14H28N4. The molecule has 0 saturated carbocycles. The molecule has 0 aromatic carbocycles. The van der Waals surface area contributed by atoms with E-state index < -0.39 is 0 Å². The highest BCUT2D eigenvalue weighted by Gasteiger charge is 2.20. The summed E-state index contributed by atoms with van der Waals surface area (Å²) in [6.45, 7) is 13.1. The van der Waals surface area contributed by atoms with Crippen LogP contribution in [-0.4, -0.2) is 27.4 Å². The Hall–Kier alpha value is -0.900.